The third kappa shape index (κ3) is 1.66. The molecule has 20 heavy (non-hydrogen) atoms. The molecular formula is C15H19NO4. The Morgan fingerprint density at radius 3 is 3.00 bits per heavy atom. The molecule has 3 aliphatic rings. The van der Waals surface area contributed by atoms with Gasteiger partial charge in [-0.25, -0.2) is 0 Å². The number of rotatable bonds is 3. The third-order valence-corrected chi connectivity index (χ3v) is 5.38. The summed E-state index contributed by atoms with van der Waals surface area (Å²) in [7, 11) is 1.46. The highest BCUT2D eigenvalue weighted by Gasteiger charge is 2.58. The number of aliphatic hydroxyl groups is 1. The topological polar surface area (TPSA) is 62.9 Å². The van der Waals surface area contributed by atoms with Gasteiger partial charge in [0.15, 0.2) is 0 Å². The summed E-state index contributed by atoms with van der Waals surface area (Å²) in [5.74, 6) is 2.73. The van der Waals surface area contributed by atoms with Gasteiger partial charge in [0.1, 0.15) is 12.0 Å². The van der Waals surface area contributed by atoms with E-state index < -0.39 is 0 Å². The highest BCUT2D eigenvalue weighted by Crippen LogP contribution is 2.55. The van der Waals surface area contributed by atoms with Gasteiger partial charge in [-0.1, -0.05) is 0 Å². The largest absolute Gasteiger partial charge is 0.490 e. The smallest absolute Gasteiger partial charge is 0.227 e. The molecule has 0 spiro atoms. The molecule has 1 aromatic rings. The number of hydrogen-bond donors (Lipinski definition) is 1. The monoisotopic (exact) mass is 277 g/mol. The number of ether oxygens (including phenoxy) is 1. The fourth-order valence-corrected chi connectivity index (χ4v) is 4.59. The zero-order valence-corrected chi connectivity index (χ0v) is 11.5. The number of hydrogen-bond acceptors (Lipinski definition) is 5. The number of aliphatic hydroxyl groups excluding tert-OH is 1. The fourth-order valence-electron chi connectivity index (χ4n) is 4.59. The van der Waals surface area contributed by atoms with Gasteiger partial charge < -0.3 is 14.3 Å². The third-order valence-electron chi connectivity index (χ3n) is 5.38. The van der Waals surface area contributed by atoms with Crippen molar-refractivity contribution in [3.63, 3.8) is 0 Å². The Morgan fingerprint density at radius 2 is 2.30 bits per heavy atom. The molecule has 1 aliphatic heterocycles. The van der Waals surface area contributed by atoms with Crippen LogP contribution in [0.4, 0.5) is 0 Å². The molecule has 0 aromatic carbocycles. The molecule has 5 nitrogen and oxygen atoms in total. The van der Waals surface area contributed by atoms with E-state index in [0.29, 0.717) is 24.1 Å². The minimum atomic E-state index is -0.205. The number of methoxy groups -OCH3 is 1. The molecule has 4 rings (SSSR count). The van der Waals surface area contributed by atoms with Crippen LogP contribution in [0.15, 0.2) is 21.5 Å². The van der Waals surface area contributed by atoms with E-state index in [-0.39, 0.29) is 23.3 Å². The highest BCUT2D eigenvalue weighted by atomic mass is 16.5. The maximum absolute atomic E-state index is 11.8. The lowest BCUT2D eigenvalue weighted by Crippen LogP contribution is -2.40. The van der Waals surface area contributed by atoms with Gasteiger partial charge in [0.2, 0.25) is 11.2 Å². The molecule has 2 saturated carbocycles. The summed E-state index contributed by atoms with van der Waals surface area (Å²) in [5.41, 5.74) is -0.152. The first kappa shape index (κ1) is 12.4. The average Bonchev–Trinajstić information content (AvgIpc) is 3.01. The fraction of sp³-hybridized carbons (Fsp3) is 0.667. The van der Waals surface area contributed by atoms with Gasteiger partial charge in [-0.2, -0.15) is 0 Å². The maximum atomic E-state index is 11.8. The van der Waals surface area contributed by atoms with Crippen LogP contribution >= 0.6 is 0 Å². The van der Waals surface area contributed by atoms with Crippen molar-refractivity contribution in [3.05, 3.63) is 28.3 Å². The Hall–Kier alpha value is -1.33. The molecule has 3 fully saturated rings. The predicted molar refractivity (Wildman–Crippen MR) is 71.4 cm³/mol. The van der Waals surface area contributed by atoms with E-state index in [4.69, 9.17) is 9.15 Å². The number of likely N-dealkylation sites (tertiary alicyclic amines) is 1. The van der Waals surface area contributed by atoms with E-state index in [1.54, 1.807) is 0 Å². The second kappa shape index (κ2) is 4.33. The first-order chi connectivity index (χ1) is 9.67. The van der Waals surface area contributed by atoms with E-state index in [1.165, 1.54) is 25.9 Å². The normalized spacial score (nSPS) is 38.6. The standard InChI is InChI=1S/C15H19NO4/c1-19-13-7-20-10(4-12(13)17)6-16-5-9-2-8-3-11(9)14(16)15(8)18/h4,7-9,11,14-15,18H,2-3,5-6H2,1H3. The van der Waals surface area contributed by atoms with Crippen molar-refractivity contribution in [2.75, 3.05) is 13.7 Å². The molecule has 1 aromatic heterocycles. The minimum absolute atomic E-state index is 0.152. The summed E-state index contributed by atoms with van der Waals surface area (Å²) in [5, 5.41) is 10.3. The Bertz CT molecular complexity index is 581. The molecule has 1 N–H and O–H groups in total. The van der Waals surface area contributed by atoms with Crippen LogP contribution in [0, 0.1) is 17.8 Å². The second-order valence-electron chi connectivity index (χ2n) is 6.35. The van der Waals surface area contributed by atoms with Gasteiger partial charge in [-0.05, 0) is 30.6 Å². The van der Waals surface area contributed by atoms with E-state index in [2.05, 4.69) is 4.90 Å². The van der Waals surface area contributed by atoms with Crippen molar-refractivity contribution in [2.24, 2.45) is 17.8 Å². The van der Waals surface area contributed by atoms with Gasteiger partial charge in [-0.15, -0.1) is 0 Å². The first-order valence-electron chi connectivity index (χ1n) is 7.25. The second-order valence-corrected chi connectivity index (χ2v) is 6.35. The van der Waals surface area contributed by atoms with Crippen molar-refractivity contribution < 1.29 is 14.3 Å². The quantitative estimate of drug-likeness (QED) is 0.887. The maximum Gasteiger partial charge on any atom is 0.227 e. The van der Waals surface area contributed by atoms with Crippen LogP contribution in [0.2, 0.25) is 0 Å². The van der Waals surface area contributed by atoms with Gasteiger partial charge in [0, 0.05) is 18.7 Å². The van der Waals surface area contributed by atoms with E-state index >= 15 is 0 Å². The van der Waals surface area contributed by atoms with Crippen molar-refractivity contribution in [3.8, 4) is 5.75 Å². The average molecular weight is 277 g/mol. The molecule has 2 heterocycles. The van der Waals surface area contributed by atoms with Gasteiger partial charge in [0.25, 0.3) is 0 Å². The SMILES string of the molecule is COc1coc(CN2CC3CC4CC3C2C4O)cc1=O. The van der Waals surface area contributed by atoms with Crippen molar-refractivity contribution in [1.82, 2.24) is 4.90 Å². The molecule has 5 unspecified atom stereocenters. The van der Waals surface area contributed by atoms with Crippen LogP contribution in [0.1, 0.15) is 18.6 Å². The van der Waals surface area contributed by atoms with Crippen LogP contribution in [0.5, 0.6) is 5.75 Å². The van der Waals surface area contributed by atoms with Crippen LogP contribution in [-0.4, -0.2) is 35.8 Å². The molecule has 2 aliphatic carbocycles. The minimum Gasteiger partial charge on any atom is -0.490 e. The van der Waals surface area contributed by atoms with Crippen molar-refractivity contribution >= 4 is 0 Å². The summed E-state index contributed by atoms with van der Waals surface area (Å²) in [6.45, 7) is 1.61. The summed E-state index contributed by atoms with van der Waals surface area (Å²) in [6.07, 6.45) is 3.49. The zero-order valence-electron chi connectivity index (χ0n) is 11.5. The Balaban J connectivity index is 1.55. The van der Waals surface area contributed by atoms with Crippen molar-refractivity contribution in [2.45, 2.75) is 31.5 Å². The lowest BCUT2D eigenvalue weighted by molar-refractivity contribution is 0.0460. The molecule has 5 atom stereocenters. The van der Waals surface area contributed by atoms with Gasteiger partial charge in [-0.3, -0.25) is 9.69 Å². The van der Waals surface area contributed by atoms with Crippen LogP contribution < -0.4 is 10.2 Å². The Kier molecular flexibility index (Phi) is 2.69. The zero-order chi connectivity index (χ0) is 13.9. The predicted octanol–water partition coefficient (Wildman–Crippen LogP) is 0.850. The van der Waals surface area contributed by atoms with E-state index in [9.17, 15) is 9.90 Å². The van der Waals surface area contributed by atoms with Crippen LogP contribution in [0.3, 0.4) is 0 Å². The van der Waals surface area contributed by atoms with E-state index in [1.807, 2.05) is 0 Å². The molecule has 0 amide bonds. The van der Waals surface area contributed by atoms with Crippen molar-refractivity contribution in [1.29, 1.82) is 0 Å². The van der Waals surface area contributed by atoms with Crippen LogP contribution in [0.25, 0.3) is 0 Å². The molecule has 2 bridgehead atoms. The molecule has 1 saturated heterocycles. The summed E-state index contributed by atoms with van der Waals surface area (Å²) in [6, 6.07) is 1.75. The molecule has 5 heteroatoms. The summed E-state index contributed by atoms with van der Waals surface area (Å²) < 4.78 is 10.4. The molecule has 108 valence electrons. The Morgan fingerprint density at radius 1 is 1.45 bits per heavy atom. The lowest BCUT2D eigenvalue weighted by Gasteiger charge is -2.28. The van der Waals surface area contributed by atoms with Crippen LogP contribution in [-0.2, 0) is 6.54 Å². The van der Waals surface area contributed by atoms with Gasteiger partial charge >= 0.3 is 0 Å². The number of fused-ring (bicyclic) bond motifs is 1. The Labute approximate surface area is 117 Å². The molecule has 0 radical (unpaired) electrons. The molecular weight excluding hydrogens is 258 g/mol. The lowest BCUT2D eigenvalue weighted by atomic mass is 9.88. The first-order valence-corrected chi connectivity index (χ1v) is 7.25. The highest BCUT2D eigenvalue weighted by molar-refractivity contribution is 5.18. The summed E-state index contributed by atoms with van der Waals surface area (Å²) in [4.78, 5) is 14.0. The number of nitrogens with zero attached hydrogens (tertiary/aromatic N) is 1. The van der Waals surface area contributed by atoms with Gasteiger partial charge in [0.05, 0.1) is 19.8 Å². The summed E-state index contributed by atoms with van der Waals surface area (Å²) >= 11 is 0. The van der Waals surface area contributed by atoms with E-state index in [0.717, 1.165) is 18.9 Å².